The fourth-order valence-electron chi connectivity index (χ4n) is 1.26. The lowest BCUT2D eigenvalue weighted by Gasteiger charge is -2.07. The van der Waals surface area contributed by atoms with Crippen LogP contribution in [0.4, 0.5) is 0 Å². The number of ketones is 1. The van der Waals surface area contributed by atoms with Crippen molar-refractivity contribution in [1.82, 2.24) is 0 Å². The Morgan fingerprint density at radius 1 is 1.33 bits per heavy atom. The molecule has 0 unspecified atom stereocenters. The molecule has 0 bridgehead atoms. The average molecular weight is 250 g/mol. The van der Waals surface area contributed by atoms with E-state index in [1.165, 1.54) is 12.1 Å². The number of aromatic hydroxyl groups is 1. The van der Waals surface area contributed by atoms with Gasteiger partial charge in [-0.25, -0.2) is 4.79 Å². The van der Waals surface area contributed by atoms with Crippen LogP contribution >= 0.6 is 0 Å². The molecule has 0 aliphatic rings. The van der Waals surface area contributed by atoms with E-state index >= 15 is 0 Å². The van der Waals surface area contributed by atoms with Crippen LogP contribution in [0, 0.1) is 0 Å². The molecule has 5 nitrogen and oxygen atoms in total. The van der Waals surface area contributed by atoms with Crippen molar-refractivity contribution >= 4 is 11.8 Å². The number of benzene rings is 1. The van der Waals surface area contributed by atoms with Crippen molar-refractivity contribution in [3.05, 3.63) is 35.9 Å². The zero-order valence-corrected chi connectivity index (χ0v) is 9.92. The Kier molecular flexibility index (Phi) is 4.92. The van der Waals surface area contributed by atoms with E-state index < -0.39 is 11.8 Å². The first kappa shape index (κ1) is 13.8. The summed E-state index contributed by atoms with van der Waals surface area (Å²) in [7, 11) is 0. The summed E-state index contributed by atoms with van der Waals surface area (Å²) in [5, 5.41) is 18.0. The quantitative estimate of drug-likeness (QED) is 0.596. The van der Waals surface area contributed by atoms with Gasteiger partial charge in [0.2, 0.25) is 0 Å². The lowest BCUT2D eigenvalue weighted by molar-refractivity contribution is -0.131. The van der Waals surface area contributed by atoms with Crippen molar-refractivity contribution in [2.24, 2.45) is 0 Å². The lowest BCUT2D eigenvalue weighted by Crippen LogP contribution is -2.00. The highest BCUT2D eigenvalue weighted by molar-refractivity contribution is 6.08. The second-order valence-electron chi connectivity index (χ2n) is 3.56. The van der Waals surface area contributed by atoms with Crippen LogP contribution < -0.4 is 4.74 Å². The molecule has 0 saturated heterocycles. The van der Waals surface area contributed by atoms with E-state index in [2.05, 4.69) is 0 Å². The summed E-state index contributed by atoms with van der Waals surface area (Å²) in [5.74, 6) is -1.56. The number of ether oxygens (including phenoxy) is 1. The molecule has 0 saturated carbocycles. The third kappa shape index (κ3) is 3.93. The minimum absolute atomic E-state index is 0.0149. The Balaban J connectivity index is 2.92. The van der Waals surface area contributed by atoms with E-state index in [0.717, 1.165) is 18.6 Å². The summed E-state index contributed by atoms with van der Waals surface area (Å²) in [6, 6.07) is 4.27. The standard InChI is InChI=1S/C13H14O5/c1-2-7-18-9-3-4-11(14)10(8-9)12(15)5-6-13(16)17/h3-6,8,14H,2,7H2,1H3,(H,16,17)/b6-5+. The van der Waals surface area contributed by atoms with E-state index in [-0.39, 0.29) is 11.3 Å². The van der Waals surface area contributed by atoms with Crippen LogP contribution in [0.1, 0.15) is 23.7 Å². The molecule has 18 heavy (non-hydrogen) atoms. The van der Waals surface area contributed by atoms with Crippen molar-refractivity contribution in [1.29, 1.82) is 0 Å². The summed E-state index contributed by atoms with van der Waals surface area (Å²) in [4.78, 5) is 21.9. The third-order valence-corrected chi connectivity index (χ3v) is 2.08. The maximum Gasteiger partial charge on any atom is 0.328 e. The maximum absolute atomic E-state index is 11.6. The molecular weight excluding hydrogens is 236 g/mol. The predicted molar refractivity (Wildman–Crippen MR) is 65.0 cm³/mol. The molecule has 0 aromatic heterocycles. The van der Waals surface area contributed by atoms with Gasteiger partial charge in [-0.3, -0.25) is 4.79 Å². The van der Waals surface area contributed by atoms with Crippen LogP contribution in [-0.2, 0) is 4.79 Å². The van der Waals surface area contributed by atoms with Crippen molar-refractivity contribution in [2.45, 2.75) is 13.3 Å². The molecule has 1 rings (SSSR count). The second kappa shape index (κ2) is 6.44. The molecular formula is C13H14O5. The molecule has 0 spiro atoms. The molecule has 1 aromatic carbocycles. The number of carbonyl (C=O) groups excluding carboxylic acids is 1. The Hall–Kier alpha value is -2.30. The molecule has 0 aliphatic heterocycles. The van der Waals surface area contributed by atoms with E-state index in [1.54, 1.807) is 6.07 Å². The number of phenolic OH excluding ortho intramolecular Hbond substituents is 1. The molecule has 1 aromatic rings. The summed E-state index contributed by atoms with van der Waals surface area (Å²) in [6.07, 6.45) is 2.44. The van der Waals surface area contributed by atoms with Gasteiger partial charge in [0.25, 0.3) is 0 Å². The monoisotopic (exact) mass is 250 g/mol. The topological polar surface area (TPSA) is 83.8 Å². The number of carbonyl (C=O) groups is 2. The fraction of sp³-hybridized carbons (Fsp3) is 0.231. The zero-order valence-electron chi connectivity index (χ0n) is 9.92. The van der Waals surface area contributed by atoms with Gasteiger partial charge in [0.15, 0.2) is 5.78 Å². The summed E-state index contributed by atoms with van der Waals surface area (Å²) < 4.78 is 5.32. The van der Waals surface area contributed by atoms with Crippen molar-refractivity contribution in [2.75, 3.05) is 6.61 Å². The molecule has 5 heteroatoms. The van der Waals surface area contributed by atoms with Crippen LogP contribution in [0.25, 0.3) is 0 Å². The van der Waals surface area contributed by atoms with Gasteiger partial charge in [0.05, 0.1) is 12.2 Å². The summed E-state index contributed by atoms with van der Waals surface area (Å²) in [5.41, 5.74) is 0.0149. The van der Waals surface area contributed by atoms with E-state index in [1.807, 2.05) is 6.92 Å². The minimum atomic E-state index is -1.22. The van der Waals surface area contributed by atoms with Crippen LogP contribution in [0.3, 0.4) is 0 Å². The first-order chi connectivity index (χ1) is 8.54. The van der Waals surface area contributed by atoms with Crippen LogP contribution in [0.15, 0.2) is 30.4 Å². The first-order valence-corrected chi connectivity index (χ1v) is 5.45. The molecule has 96 valence electrons. The summed E-state index contributed by atoms with van der Waals surface area (Å²) in [6.45, 7) is 2.45. The number of carboxylic acid groups (broad SMARTS) is 1. The number of rotatable bonds is 6. The number of allylic oxidation sites excluding steroid dienone is 1. The van der Waals surface area contributed by atoms with Gasteiger partial charge in [-0.2, -0.15) is 0 Å². The highest BCUT2D eigenvalue weighted by atomic mass is 16.5. The van der Waals surface area contributed by atoms with Crippen molar-refractivity contribution in [3.63, 3.8) is 0 Å². The maximum atomic E-state index is 11.6. The zero-order chi connectivity index (χ0) is 13.5. The van der Waals surface area contributed by atoms with Crippen LogP contribution in [0.5, 0.6) is 11.5 Å². The van der Waals surface area contributed by atoms with E-state index in [0.29, 0.717) is 12.4 Å². The normalized spacial score (nSPS) is 10.5. The number of hydrogen-bond donors (Lipinski definition) is 2. The smallest absolute Gasteiger partial charge is 0.328 e. The number of aliphatic carboxylic acids is 1. The summed E-state index contributed by atoms with van der Waals surface area (Å²) >= 11 is 0. The first-order valence-electron chi connectivity index (χ1n) is 5.45. The van der Waals surface area contributed by atoms with Crippen molar-refractivity contribution < 1.29 is 24.5 Å². The molecule has 0 heterocycles. The molecule has 0 atom stereocenters. The van der Waals surface area contributed by atoms with Crippen molar-refractivity contribution in [3.8, 4) is 11.5 Å². The Labute approximate surface area is 104 Å². The van der Waals surface area contributed by atoms with Gasteiger partial charge in [-0.05, 0) is 30.7 Å². The van der Waals surface area contributed by atoms with Gasteiger partial charge >= 0.3 is 5.97 Å². The fourth-order valence-corrected chi connectivity index (χ4v) is 1.26. The Morgan fingerprint density at radius 3 is 2.67 bits per heavy atom. The SMILES string of the molecule is CCCOc1ccc(O)c(C(=O)/C=C/C(=O)O)c1. The molecule has 0 radical (unpaired) electrons. The Bertz CT molecular complexity index is 476. The van der Waals surface area contributed by atoms with Gasteiger partial charge in [-0.1, -0.05) is 6.92 Å². The molecule has 2 N–H and O–H groups in total. The number of phenols is 1. The molecule has 0 aliphatic carbocycles. The second-order valence-corrected chi connectivity index (χ2v) is 3.56. The minimum Gasteiger partial charge on any atom is -0.507 e. The highest BCUT2D eigenvalue weighted by Gasteiger charge is 2.10. The Morgan fingerprint density at radius 2 is 2.06 bits per heavy atom. The van der Waals surface area contributed by atoms with E-state index in [4.69, 9.17) is 9.84 Å². The van der Waals surface area contributed by atoms with Crippen LogP contribution in [0.2, 0.25) is 0 Å². The number of carboxylic acids is 1. The lowest BCUT2D eigenvalue weighted by atomic mass is 10.1. The van der Waals surface area contributed by atoms with Gasteiger partial charge < -0.3 is 14.9 Å². The van der Waals surface area contributed by atoms with Crippen LogP contribution in [-0.4, -0.2) is 28.6 Å². The number of hydrogen-bond acceptors (Lipinski definition) is 4. The highest BCUT2D eigenvalue weighted by Crippen LogP contribution is 2.23. The average Bonchev–Trinajstić information content (AvgIpc) is 2.35. The van der Waals surface area contributed by atoms with Gasteiger partial charge in [0, 0.05) is 6.08 Å². The molecule has 0 fully saturated rings. The molecule has 0 amide bonds. The van der Waals surface area contributed by atoms with Gasteiger partial charge in [-0.15, -0.1) is 0 Å². The van der Waals surface area contributed by atoms with Gasteiger partial charge in [0.1, 0.15) is 11.5 Å². The predicted octanol–water partition coefficient (Wildman–Crippen LogP) is 2.00. The third-order valence-electron chi connectivity index (χ3n) is 2.08. The largest absolute Gasteiger partial charge is 0.507 e. The van der Waals surface area contributed by atoms with E-state index in [9.17, 15) is 14.7 Å².